The number of anilines is 1. The molecule has 0 bridgehead atoms. The zero-order valence-electron chi connectivity index (χ0n) is 10.0. The zero-order chi connectivity index (χ0) is 11.9. The van der Waals surface area contributed by atoms with Gasteiger partial charge in [-0.1, -0.05) is 18.2 Å². The molecule has 0 saturated heterocycles. The predicted molar refractivity (Wildman–Crippen MR) is 75.6 cm³/mol. The molecular weight excluding hydrogens is 230 g/mol. The SMILES string of the molecule is CSCCCCNc1ncc2ccccc2n1. The molecule has 90 valence electrons. The highest BCUT2D eigenvalue weighted by molar-refractivity contribution is 7.98. The van der Waals surface area contributed by atoms with E-state index in [0.717, 1.165) is 29.8 Å². The van der Waals surface area contributed by atoms with Gasteiger partial charge >= 0.3 is 0 Å². The largest absolute Gasteiger partial charge is 0.354 e. The summed E-state index contributed by atoms with van der Waals surface area (Å²) in [5.74, 6) is 1.95. The minimum atomic E-state index is 0.729. The smallest absolute Gasteiger partial charge is 0.223 e. The van der Waals surface area contributed by atoms with Gasteiger partial charge in [-0.2, -0.15) is 11.8 Å². The van der Waals surface area contributed by atoms with Crippen molar-refractivity contribution in [1.29, 1.82) is 0 Å². The van der Waals surface area contributed by atoms with Crippen LogP contribution in [0.15, 0.2) is 30.5 Å². The van der Waals surface area contributed by atoms with E-state index >= 15 is 0 Å². The van der Waals surface area contributed by atoms with Gasteiger partial charge in [0, 0.05) is 18.1 Å². The van der Waals surface area contributed by atoms with E-state index < -0.39 is 0 Å². The molecule has 1 heterocycles. The van der Waals surface area contributed by atoms with E-state index in [9.17, 15) is 0 Å². The fourth-order valence-corrected chi connectivity index (χ4v) is 2.12. The first-order chi connectivity index (χ1) is 8.40. The molecular formula is C13H17N3S. The first kappa shape index (κ1) is 12.2. The Balaban J connectivity index is 1.90. The standard InChI is InChI=1S/C13H17N3S/c1-17-9-5-4-8-14-13-15-10-11-6-2-3-7-12(11)16-13/h2-3,6-7,10H,4-5,8-9H2,1H3,(H,14,15,16). The van der Waals surface area contributed by atoms with Crippen LogP contribution in [-0.2, 0) is 0 Å². The Labute approximate surface area is 106 Å². The van der Waals surface area contributed by atoms with Gasteiger partial charge in [0.15, 0.2) is 0 Å². The second kappa shape index (κ2) is 6.45. The molecule has 1 N–H and O–H groups in total. The van der Waals surface area contributed by atoms with Gasteiger partial charge in [0.1, 0.15) is 0 Å². The van der Waals surface area contributed by atoms with E-state index in [0.29, 0.717) is 0 Å². The van der Waals surface area contributed by atoms with Crippen molar-refractivity contribution in [2.75, 3.05) is 23.9 Å². The second-order valence-corrected chi connectivity index (χ2v) is 4.86. The molecule has 0 atom stereocenters. The number of rotatable bonds is 6. The highest BCUT2D eigenvalue weighted by Gasteiger charge is 1.98. The summed E-state index contributed by atoms with van der Waals surface area (Å²) >= 11 is 1.89. The lowest BCUT2D eigenvalue weighted by Crippen LogP contribution is -2.05. The third-order valence-corrected chi connectivity index (χ3v) is 3.24. The number of fused-ring (bicyclic) bond motifs is 1. The average Bonchev–Trinajstić information content (AvgIpc) is 2.38. The van der Waals surface area contributed by atoms with Crippen LogP contribution < -0.4 is 5.32 Å². The van der Waals surface area contributed by atoms with Crippen molar-refractivity contribution in [2.45, 2.75) is 12.8 Å². The average molecular weight is 247 g/mol. The van der Waals surface area contributed by atoms with Crippen LogP contribution >= 0.6 is 11.8 Å². The number of benzene rings is 1. The van der Waals surface area contributed by atoms with E-state index in [2.05, 4.69) is 21.5 Å². The van der Waals surface area contributed by atoms with Gasteiger partial charge in [-0.15, -0.1) is 0 Å². The van der Waals surface area contributed by atoms with Crippen LogP contribution in [-0.4, -0.2) is 28.5 Å². The lowest BCUT2D eigenvalue weighted by atomic mass is 10.2. The molecule has 2 aromatic rings. The molecule has 0 amide bonds. The molecule has 0 radical (unpaired) electrons. The Hall–Kier alpha value is -1.29. The molecule has 17 heavy (non-hydrogen) atoms. The van der Waals surface area contributed by atoms with Crippen LogP contribution in [0.5, 0.6) is 0 Å². The van der Waals surface area contributed by atoms with Gasteiger partial charge in [0.05, 0.1) is 5.52 Å². The molecule has 1 aromatic carbocycles. The summed E-state index contributed by atoms with van der Waals surface area (Å²) in [4.78, 5) is 8.76. The van der Waals surface area contributed by atoms with E-state index in [-0.39, 0.29) is 0 Å². The van der Waals surface area contributed by atoms with Crippen molar-refractivity contribution in [2.24, 2.45) is 0 Å². The molecule has 0 fully saturated rings. The molecule has 4 heteroatoms. The number of unbranched alkanes of at least 4 members (excludes halogenated alkanes) is 1. The number of nitrogens with zero attached hydrogens (tertiary/aromatic N) is 2. The van der Waals surface area contributed by atoms with Crippen molar-refractivity contribution in [3.63, 3.8) is 0 Å². The maximum absolute atomic E-state index is 4.47. The van der Waals surface area contributed by atoms with Crippen molar-refractivity contribution >= 4 is 28.6 Å². The third kappa shape index (κ3) is 3.60. The van der Waals surface area contributed by atoms with Gasteiger partial charge in [0.25, 0.3) is 0 Å². The second-order valence-electron chi connectivity index (χ2n) is 3.88. The molecule has 3 nitrogen and oxygen atoms in total. The molecule has 0 spiro atoms. The van der Waals surface area contributed by atoms with Crippen LogP contribution in [0, 0.1) is 0 Å². The Kier molecular flexibility index (Phi) is 4.62. The predicted octanol–water partition coefficient (Wildman–Crippen LogP) is 3.18. The quantitative estimate of drug-likeness (QED) is 0.796. The number of nitrogens with one attached hydrogen (secondary N) is 1. The Morgan fingerprint density at radius 1 is 1.24 bits per heavy atom. The van der Waals surface area contributed by atoms with Crippen LogP contribution in [0.1, 0.15) is 12.8 Å². The van der Waals surface area contributed by atoms with Gasteiger partial charge in [-0.3, -0.25) is 0 Å². The normalized spacial score (nSPS) is 10.6. The lowest BCUT2D eigenvalue weighted by Gasteiger charge is -2.05. The Morgan fingerprint density at radius 3 is 3.00 bits per heavy atom. The van der Waals surface area contributed by atoms with Gasteiger partial charge < -0.3 is 5.32 Å². The number of hydrogen-bond acceptors (Lipinski definition) is 4. The summed E-state index contributed by atoms with van der Waals surface area (Å²) in [6, 6.07) is 8.03. The van der Waals surface area contributed by atoms with E-state index in [1.807, 2.05) is 42.2 Å². The Bertz CT molecular complexity index is 473. The summed E-state index contributed by atoms with van der Waals surface area (Å²) in [6.07, 6.45) is 6.41. The van der Waals surface area contributed by atoms with Crippen LogP contribution in [0.25, 0.3) is 10.9 Å². The number of thioether (sulfide) groups is 1. The summed E-state index contributed by atoms with van der Waals surface area (Å²) in [6.45, 7) is 0.943. The van der Waals surface area contributed by atoms with E-state index in [1.165, 1.54) is 12.2 Å². The molecule has 1 aromatic heterocycles. The van der Waals surface area contributed by atoms with E-state index in [1.54, 1.807) is 0 Å². The maximum atomic E-state index is 4.47. The first-order valence-corrected chi connectivity index (χ1v) is 7.24. The summed E-state index contributed by atoms with van der Waals surface area (Å²) < 4.78 is 0. The highest BCUT2D eigenvalue weighted by atomic mass is 32.2. The molecule has 0 aliphatic rings. The minimum Gasteiger partial charge on any atom is -0.354 e. The molecule has 0 unspecified atom stereocenters. The van der Waals surface area contributed by atoms with Crippen LogP contribution in [0.3, 0.4) is 0 Å². The van der Waals surface area contributed by atoms with E-state index in [4.69, 9.17) is 0 Å². The van der Waals surface area contributed by atoms with Crippen molar-refractivity contribution < 1.29 is 0 Å². The van der Waals surface area contributed by atoms with Crippen LogP contribution in [0.4, 0.5) is 5.95 Å². The monoisotopic (exact) mass is 247 g/mol. The van der Waals surface area contributed by atoms with Crippen molar-refractivity contribution in [3.8, 4) is 0 Å². The molecule has 0 aliphatic heterocycles. The van der Waals surface area contributed by atoms with Crippen molar-refractivity contribution in [3.05, 3.63) is 30.5 Å². The first-order valence-electron chi connectivity index (χ1n) is 5.85. The lowest BCUT2D eigenvalue weighted by molar-refractivity contribution is 0.836. The highest BCUT2D eigenvalue weighted by Crippen LogP contribution is 2.11. The minimum absolute atomic E-state index is 0.729. The summed E-state index contributed by atoms with van der Waals surface area (Å²) in [7, 11) is 0. The fourth-order valence-electron chi connectivity index (χ4n) is 1.63. The molecule has 0 saturated carbocycles. The summed E-state index contributed by atoms with van der Waals surface area (Å²) in [5.41, 5.74) is 0.995. The zero-order valence-corrected chi connectivity index (χ0v) is 10.8. The van der Waals surface area contributed by atoms with Crippen LogP contribution in [0.2, 0.25) is 0 Å². The molecule has 2 rings (SSSR count). The van der Waals surface area contributed by atoms with Gasteiger partial charge in [0.2, 0.25) is 5.95 Å². The third-order valence-electron chi connectivity index (χ3n) is 2.55. The number of hydrogen-bond donors (Lipinski definition) is 1. The molecule has 0 aliphatic carbocycles. The number of para-hydroxylation sites is 1. The van der Waals surface area contributed by atoms with Gasteiger partial charge in [-0.25, -0.2) is 9.97 Å². The van der Waals surface area contributed by atoms with Gasteiger partial charge in [-0.05, 0) is 30.9 Å². The Morgan fingerprint density at radius 2 is 2.12 bits per heavy atom. The topological polar surface area (TPSA) is 37.8 Å². The number of aromatic nitrogens is 2. The maximum Gasteiger partial charge on any atom is 0.223 e. The summed E-state index contributed by atoms with van der Waals surface area (Å²) in [5, 5.41) is 4.35. The fraction of sp³-hybridized carbons (Fsp3) is 0.385. The van der Waals surface area contributed by atoms with Crippen molar-refractivity contribution in [1.82, 2.24) is 9.97 Å².